The molecule has 3 unspecified atom stereocenters. The van der Waals surface area contributed by atoms with Crippen LogP contribution in [0.25, 0.3) is 0 Å². The van der Waals surface area contributed by atoms with Crippen molar-refractivity contribution in [1.82, 2.24) is 0 Å². The highest BCUT2D eigenvalue weighted by molar-refractivity contribution is 7.80. The van der Waals surface area contributed by atoms with E-state index in [1.54, 1.807) is 6.07 Å². The molecule has 0 fully saturated rings. The predicted molar refractivity (Wildman–Crippen MR) is 75.8 cm³/mol. The summed E-state index contributed by atoms with van der Waals surface area (Å²) in [6, 6.07) is 5.92. The third-order valence-electron chi connectivity index (χ3n) is 3.35. The summed E-state index contributed by atoms with van der Waals surface area (Å²) >= 11 is 4.05. The van der Waals surface area contributed by atoms with Gasteiger partial charge in [0.2, 0.25) is 5.67 Å². The standard InChI is InChI=1S/C13H16F5PS/c1-11(14,12(2,15)16)13(17,18)10(19-3)8-6-4-5-7-9(8)20/h4-7,10,19-20H,1-3H3. The van der Waals surface area contributed by atoms with E-state index in [1.165, 1.54) is 24.9 Å². The van der Waals surface area contributed by atoms with Crippen LogP contribution in [0.5, 0.6) is 0 Å². The predicted octanol–water partition coefficient (Wildman–Crippen LogP) is 5.34. The van der Waals surface area contributed by atoms with Gasteiger partial charge >= 0.3 is 0 Å². The van der Waals surface area contributed by atoms with Crippen molar-refractivity contribution in [3.63, 3.8) is 0 Å². The number of alkyl halides is 5. The Morgan fingerprint density at radius 2 is 1.55 bits per heavy atom. The number of benzene rings is 1. The lowest BCUT2D eigenvalue weighted by Crippen LogP contribution is -2.55. The van der Waals surface area contributed by atoms with Crippen LogP contribution in [0.2, 0.25) is 0 Å². The first-order valence-electron chi connectivity index (χ1n) is 5.86. The number of hydrogen-bond donors (Lipinski definition) is 1. The fraction of sp³-hybridized carbons (Fsp3) is 0.538. The smallest absolute Gasteiger partial charge is 0.231 e. The number of hydrogen-bond acceptors (Lipinski definition) is 1. The van der Waals surface area contributed by atoms with Crippen LogP contribution in [0.15, 0.2) is 29.2 Å². The van der Waals surface area contributed by atoms with Crippen LogP contribution in [0.4, 0.5) is 22.0 Å². The van der Waals surface area contributed by atoms with E-state index in [-0.39, 0.29) is 24.3 Å². The maximum absolute atomic E-state index is 14.3. The maximum atomic E-state index is 14.3. The zero-order valence-electron chi connectivity index (χ0n) is 11.2. The van der Waals surface area contributed by atoms with Crippen molar-refractivity contribution < 1.29 is 22.0 Å². The lowest BCUT2D eigenvalue weighted by atomic mass is 9.88. The molecule has 1 aromatic carbocycles. The lowest BCUT2D eigenvalue weighted by molar-refractivity contribution is -0.232. The number of thiol groups is 1. The fourth-order valence-electron chi connectivity index (χ4n) is 1.83. The lowest BCUT2D eigenvalue weighted by Gasteiger charge is -2.39. The monoisotopic (exact) mass is 330 g/mol. The minimum atomic E-state index is -4.21. The van der Waals surface area contributed by atoms with E-state index in [4.69, 9.17) is 0 Å². The molecule has 0 N–H and O–H groups in total. The van der Waals surface area contributed by atoms with Crippen LogP contribution in [0.3, 0.4) is 0 Å². The van der Waals surface area contributed by atoms with Gasteiger partial charge in [-0.25, -0.2) is 22.0 Å². The summed E-state index contributed by atoms with van der Waals surface area (Å²) in [6.07, 6.45) is 0. The second-order valence-electron chi connectivity index (χ2n) is 4.79. The second-order valence-corrected chi connectivity index (χ2v) is 6.43. The second kappa shape index (κ2) is 5.80. The maximum Gasteiger partial charge on any atom is 0.297 e. The largest absolute Gasteiger partial charge is 0.297 e. The molecule has 0 amide bonds. The van der Waals surface area contributed by atoms with Gasteiger partial charge in [0.25, 0.3) is 11.8 Å². The average molecular weight is 330 g/mol. The molecular formula is C13H16F5PS. The van der Waals surface area contributed by atoms with Crippen LogP contribution in [-0.2, 0) is 0 Å². The van der Waals surface area contributed by atoms with Crippen molar-refractivity contribution in [3.05, 3.63) is 29.8 Å². The van der Waals surface area contributed by atoms with Gasteiger partial charge < -0.3 is 0 Å². The molecule has 20 heavy (non-hydrogen) atoms. The SMILES string of the molecule is CPC(c1ccccc1S)C(F)(F)C(C)(F)C(C)(F)F. The summed E-state index contributed by atoms with van der Waals surface area (Å²) in [6.45, 7) is 1.85. The minimum absolute atomic E-state index is 0.0785. The number of rotatable bonds is 5. The molecule has 0 heterocycles. The van der Waals surface area contributed by atoms with Crippen molar-refractivity contribution in [3.8, 4) is 0 Å². The fourth-order valence-corrected chi connectivity index (χ4v) is 3.43. The normalized spacial score (nSPS) is 18.2. The Morgan fingerprint density at radius 1 is 1.05 bits per heavy atom. The molecule has 0 spiro atoms. The molecule has 1 aromatic rings. The quantitative estimate of drug-likeness (QED) is 0.420. The number of halogens is 5. The van der Waals surface area contributed by atoms with Gasteiger partial charge in [-0.1, -0.05) is 18.2 Å². The average Bonchev–Trinajstić information content (AvgIpc) is 2.30. The Balaban J connectivity index is 3.34. The summed E-state index contributed by atoms with van der Waals surface area (Å²) in [5, 5.41) is 0. The summed E-state index contributed by atoms with van der Waals surface area (Å²) in [4.78, 5) is 0.238. The molecule has 0 saturated heterocycles. The van der Waals surface area contributed by atoms with Gasteiger partial charge in [-0.15, -0.1) is 21.2 Å². The molecule has 0 aliphatic carbocycles. The third-order valence-corrected chi connectivity index (χ3v) is 5.01. The molecule has 114 valence electrons. The van der Waals surface area contributed by atoms with E-state index in [1.807, 2.05) is 0 Å². The Morgan fingerprint density at radius 3 is 1.95 bits per heavy atom. The molecule has 1 rings (SSSR count). The van der Waals surface area contributed by atoms with Gasteiger partial charge in [-0.05, 0) is 25.2 Å². The zero-order valence-corrected chi connectivity index (χ0v) is 13.1. The van der Waals surface area contributed by atoms with Crippen LogP contribution >= 0.6 is 21.2 Å². The Labute approximate surface area is 122 Å². The van der Waals surface area contributed by atoms with E-state index in [9.17, 15) is 22.0 Å². The van der Waals surface area contributed by atoms with E-state index >= 15 is 0 Å². The van der Waals surface area contributed by atoms with Crippen molar-refractivity contribution in [2.45, 2.75) is 41.9 Å². The van der Waals surface area contributed by atoms with E-state index in [2.05, 4.69) is 12.6 Å². The molecular weight excluding hydrogens is 314 g/mol. The summed E-state index contributed by atoms with van der Waals surface area (Å²) in [7, 11) is -0.445. The highest BCUT2D eigenvalue weighted by Crippen LogP contribution is 2.56. The Hall–Kier alpha value is -0.350. The Bertz CT molecular complexity index is 470. The molecule has 0 radical (unpaired) electrons. The third kappa shape index (κ3) is 2.96. The molecule has 0 saturated carbocycles. The summed E-state index contributed by atoms with van der Waals surface area (Å²) in [5.74, 6) is -8.36. The first-order chi connectivity index (χ1) is 8.96. The molecule has 3 atom stereocenters. The van der Waals surface area contributed by atoms with E-state index < -0.39 is 31.8 Å². The van der Waals surface area contributed by atoms with E-state index in [0.717, 1.165) is 0 Å². The van der Waals surface area contributed by atoms with Gasteiger partial charge in [-0.3, -0.25) is 0 Å². The molecule has 0 aliphatic heterocycles. The topological polar surface area (TPSA) is 0 Å². The molecule has 0 aromatic heterocycles. The van der Waals surface area contributed by atoms with Crippen molar-refractivity contribution in [1.29, 1.82) is 0 Å². The van der Waals surface area contributed by atoms with Crippen LogP contribution in [0, 0.1) is 0 Å². The van der Waals surface area contributed by atoms with Gasteiger partial charge in [0.05, 0.1) is 5.66 Å². The molecule has 0 nitrogen and oxygen atoms in total. The van der Waals surface area contributed by atoms with E-state index in [0.29, 0.717) is 0 Å². The van der Waals surface area contributed by atoms with Crippen LogP contribution in [0.1, 0.15) is 25.1 Å². The zero-order chi connectivity index (χ0) is 15.8. The van der Waals surface area contributed by atoms with Crippen molar-refractivity contribution in [2.75, 3.05) is 6.66 Å². The molecule has 7 heteroatoms. The molecule has 0 aliphatic rings. The van der Waals surface area contributed by atoms with Crippen LogP contribution < -0.4 is 0 Å². The first-order valence-corrected chi connectivity index (χ1v) is 7.89. The molecule has 0 bridgehead atoms. The minimum Gasteiger partial charge on any atom is -0.231 e. The van der Waals surface area contributed by atoms with Gasteiger partial charge in [-0.2, -0.15) is 0 Å². The Kier molecular flexibility index (Phi) is 5.13. The van der Waals surface area contributed by atoms with Crippen molar-refractivity contribution in [2.24, 2.45) is 0 Å². The van der Waals surface area contributed by atoms with Gasteiger partial charge in [0, 0.05) is 11.8 Å². The van der Waals surface area contributed by atoms with Crippen molar-refractivity contribution >= 4 is 21.2 Å². The first kappa shape index (κ1) is 17.7. The summed E-state index contributed by atoms with van der Waals surface area (Å²) < 4.78 is 69.3. The highest BCUT2D eigenvalue weighted by Gasteiger charge is 2.67. The highest BCUT2D eigenvalue weighted by atomic mass is 32.1. The van der Waals surface area contributed by atoms with Gasteiger partial charge in [0.15, 0.2) is 0 Å². The van der Waals surface area contributed by atoms with Gasteiger partial charge in [0.1, 0.15) is 0 Å². The van der Waals surface area contributed by atoms with Crippen LogP contribution in [-0.4, -0.2) is 24.2 Å². The summed E-state index contributed by atoms with van der Waals surface area (Å²) in [5.41, 5.74) is -5.50.